The zero-order valence-corrected chi connectivity index (χ0v) is 61.3. The Morgan fingerprint density at radius 2 is 0.780 bits per heavy atom. The standard InChI is InChI=1S/C49H51N3.C43H43N3.2ClH/c1-5-51(47-17-11-7-13-34(47)3)41-25-21-37(22-26-41)49(38-23-27-42(28-24-38)52(6-2)48-18-12-8-14-35(48)4)45-29-30-46(44-16-10-9-15-43(44)45)50-33-40-32-36-19-20-39(40)31-36;1-6-44-40-30-29-39(37-17-11-12-18-38(37)40)43(33-21-25-35(26-22-33)45(7-2)41-19-13-9-15-31(41)4)34-23-27-36(28-24-34)46(8-3)42-20-14-10-16-32(42)5;;/h7-18,21-30,36,39-40H,5-6,19-20,31-33H2,1-4H3;9-30H,6-8H2,1-5H3;2*1H. The van der Waals surface area contributed by atoms with Crippen LogP contribution < -0.4 is 45.2 Å². The first kappa shape index (κ1) is 71.6. The van der Waals surface area contributed by atoms with Gasteiger partial charge in [-0.1, -0.05) is 164 Å². The summed E-state index contributed by atoms with van der Waals surface area (Å²) in [4.78, 5) is 4.80. The lowest BCUT2D eigenvalue weighted by Gasteiger charge is -2.26. The highest BCUT2D eigenvalue weighted by atomic mass is 35.5. The number of nitrogens with zero attached hydrogens (tertiary/aromatic N) is 4. The summed E-state index contributed by atoms with van der Waals surface area (Å²) in [5, 5.41) is 12.6. The number of rotatable bonds is 19. The first-order valence-corrected chi connectivity index (χ1v) is 36.1. The molecule has 0 amide bonds. The maximum atomic E-state index is 3.93. The minimum Gasteiger partial charge on any atom is -1.00 e. The highest BCUT2D eigenvalue weighted by molar-refractivity contribution is 6.09. The Labute approximate surface area is 607 Å². The predicted octanol–water partition coefficient (Wildman–Crippen LogP) is 17.0. The van der Waals surface area contributed by atoms with E-state index in [0.29, 0.717) is 0 Å². The molecule has 0 radical (unpaired) electrons. The Bertz CT molecular complexity index is 4790. The van der Waals surface area contributed by atoms with E-state index in [1.54, 1.807) is 0 Å². The van der Waals surface area contributed by atoms with Crippen molar-refractivity contribution < 1.29 is 34.0 Å². The molecule has 3 atom stereocenters. The van der Waals surface area contributed by atoms with E-state index in [-0.39, 0.29) is 24.8 Å². The summed E-state index contributed by atoms with van der Waals surface area (Å²) in [6, 6.07) is 79.9. The third-order valence-corrected chi connectivity index (χ3v) is 21.0. The van der Waals surface area contributed by atoms with Crippen molar-refractivity contribution in [2.24, 2.45) is 17.8 Å². The Kier molecular flexibility index (Phi) is 23.6. The fourth-order valence-electron chi connectivity index (χ4n) is 16.0. The predicted molar refractivity (Wildman–Crippen MR) is 422 cm³/mol. The van der Waals surface area contributed by atoms with Crippen molar-refractivity contribution in [1.82, 2.24) is 0 Å². The monoisotopic (exact) mass is 1350 g/mol. The summed E-state index contributed by atoms with van der Waals surface area (Å²) in [6.07, 6.45) is 24.1. The van der Waals surface area contributed by atoms with Gasteiger partial charge < -0.3 is 45.2 Å². The van der Waals surface area contributed by atoms with Crippen LogP contribution in [0.4, 0.5) is 45.5 Å². The van der Waals surface area contributed by atoms with Crippen LogP contribution in [-0.4, -0.2) is 59.8 Å². The van der Waals surface area contributed by atoms with E-state index in [2.05, 4.69) is 359 Å². The molecule has 0 saturated heterocycles. The second kappa shape index (κ2) is 33.0. The van der Waals surface area contributed by atoms with E-state index in [4.69, 9.17) is 0 Å². The van der Waals surface area contributed by atoms with Crippen LogP contribution in [0, 0.1) is 45.4 Å². The molecular formula is C92H96Cl2N6. The van der Waals surface area contributed by atoms with Gasteiger partial charge in [-0.05, 0) is 239 Å². The van der Waals surface area contributed by atoms with Crippen molar-refractivity contribution >= 4 is 89.6 Å². The summed E-state index contributed by atoms with van der Waals surface area (Å²) in [5.74, 6) is 2.69. The first-order valence-electron chi connectivity index (χ1n) is 36.1. The van der Waals surface area contributed by atoms with Gasteiger partial charge in [-0.25, -0.2) is 0 Å². The summed E-state index contributed by atoms with van der Waals surface area (Å²) >= 11 is 0. The van der Waals surface area contributed by atoms with Crippen LogP contribution >= 0.6 is 0 Å². The van der Waals surface area contributed by atoms with E-state index >= 15 is 0 Å². The molecule has 0 aliphatic heterocycles. The van der Waals surface area contributed by atoms with E-state index in [1.165, 1.54) is 171 Å². The van der Waals surface area contributed by atoms with E-state index < -0.39 is 0 Å². The largest absolute Gasteiger partial charge is 1.00 e. The molecule has 6 nitrogen and oxygen atoms in total. The second-order valence-corrected chi connectivity index (χ2v) is 26.8. The highest BCUT2D eigenvalue weighted by Gasteiger charge is 2.39. The molecular weight excluding hydrogens is 1260 g/mol. The number of hydrogen-bond donors (Lipinski definition) is 2. The molecule has 2 saturated carbocycles. The topological polar surface area (TPSA) is 36.6 Å². The molecule has 100 heavy (non-hydrogen) atoms. The van der Waals surface area contributed by atoms with E-state index in [1.807, 2.05) is 0 Å². The van der Waals surface area contributed by atoms with E-state index in [0.717, 1.165) is 57.0 Å². The first-order chi connectivity index (χ1) is 48.0. The summed E-state index contributed by atoms with van der Waals surface area (Å²) < 4.78 is 4.80. The number of hydrogen-bond acceptors (Lipinski definition) is 4. The Morgan fingerprint density at radius 3 is 1.15 bits per heavy atom. The molecule has 2 N–H and O–H groups in total. The number of nitrogens with one attached hydrogen (secondary N) is 2. The normalized spacial score (nSPS) is 15.6. The van der Waals surface area contributed by atoms with Crippen molar-refractivity contribution in [2.45, 2.75) is 88.0 Å². The number of halogens is 2. The van der Waals surface area contributed by atoms with Crippen LogP contribution in [0.25, 0.3) is 32.7 Å². The number of aryl methyl sites for hydroxylation is 4. The molecule has 10 aromatic rings. The molecule has 2 fully saturated rings. The number of allylic oxidation sites excluding steroid dienone is 10. The molecule has 508 valence electrons. The zero-order chi connectivity index (χ0) is 67.7. The Hall–Kier alpha value is -9.72. The van der Waals surface area contributed by atoms with Crippen LogP contribution in [0.1, 0.15) is 105 Å². The van der Waals surface area contributed by atoms with Gasteiger partial charge in [0.2, 0.25) is 22.8 Å². The Balaban J connectivity index is 0.000000199. The minimum absolute atomic E-state index is 0. The van der Waals surface area contributed by atoms with Gasteiger partial charge in [-0.15, -0.1) is 0 Å². The van der Waals surface area contributed by atoms with Crippen LogP contribution in [0.3, 0.4) is 0 Å². The lowest BCUT2D eigenvalue weighted by Crippen LogP contribution is -3.00. The molecule has 4 aliphatic rings. The molecule has 10 aromatic carbocycles. The molecule has 14 rings (SSSR count). The molecule has 4 aliphatic carbocycles. The molecule has 0 spiro atoms. The highest BCUT2D eigenvalue weighted by Crippen LogP contribution is 2.49. The van der Waals surface area contributed by atoms with Crippen molar-refractivity contribution in [1.29, 1.82) is 0 Å². The molecule has 0 aromatic heterocycles. The van der Waals surface area contributed by atoms with Gasteiger partial charge >= 0.3 is 0 Å². The fourth-order valence-corrected chi connectivity index (χ4v) is 16.0. The number of benzene rings is 10. The van der Waals surface area contributed by atoms with Gasteiger partial charge in [0.15, 0.2) is 0 Å². The third-order valence-electron chi connectivity index (χ3n) is 21.0. The van der Waals surface area contributed by atoms with Gasteiger partial charge in [-0.3, -0.25) is 0 Å². The lowest BCUT2D eigenvalue weighted by molar-refractivity contribution is -0.435. The van der Waals surface area contributed by atoms with Crippen LogP contribution in [0.15, 0.2) is 278 Å². The Morgan fingerprint density at radius 1 is 0.390 bits per heavy atom. The van der Waals surface area contributed by atoms with Crippen LogP contribution in [0.5, 0.6) is 0 Å². The van der Waals surface area contributed by atoms with Gasteiger partial charge in [-0.2, -0.15) is 9.15 Å². The molecule has 8 heteroatoms. The number of para-hydroxylation sites is 4. The van der Waals surface area contributed by atoms with Gasteiger partial charge in [0, 0.05) is 119 Å². The molecule has 2 bridgehead atoms. The smallest absolute Gasteiger partial charge is 0.208 e. The average molecular weight is 1360 g/mol. The lowest BCUT2D eigenvalue weighted by atomic mass is 9.87. The summed E-state index contributed by atoms with van der Waals surface area (Å²) in [7, 11) is 0. The molecule has 3 unspecified atom stereocenters. The minimum atomic E-state index is 0. The fraction of sp³-hybridized carbons (Fsp3) is 0.239. The quantitative estimate of drug-likeness (QED) is 0.0791. The van der Waals surface area contributed by atoms with Crippen LogP contribution in [-0.2, 0) is 0 Å². The maximum absolute atomic E-state index is 3.93. The summed E-state index contributed by atoms with van der Waals surface area (Å²) in [6.45, 7) is 25.4. The maximum Gasteiger partial charge on any atom is 0.208 e. The average Bonchev–Trinajstić information content (AvgIpc) is 0.845. The SMILES string of the molecule is CCN(c1ccc(C(=C2C=CC(=[N+](CC)c3ccccc3C)C=C2)c2ccc(NCC3CC4CCC3C4)c3ccccc23)cc1)c1ccccc1C.CCNc1ccc(C(=C2C=CC(=[N+](CC)c3ccccc3C)C=C2)c2ccc(N(CC)c3ccccc3C)cc2)c2ccccc12.[Cl-].[Cl-]. The van der Waals surface area contributed by atoms with E-state index in [9.17, 15) is 0 Å². The van der Waals surface area contributed by atoms with Crippen molar-refractivity contribution in [3.8, 4) is 0 Å². The molecule has 0 heterocycles. The van der Waals surface area contributed by atoms with Gasteiger partial charge in [0.05, 0.1) is 0 Å². The van der Waals surface area contributed by atoms with Crippen LogP contribution in [0.2, 0.25) is 0 Å². The van der Waals surface area contributed by atoms with Gasteiger partial charge in [0.1, 0.15) is 13.1 Å². The second-order valence-electron chi connectivity index (χ2n) is 26.8. The number of anilines is 6. The number of fused-ring (bicyclic) bond motifs is 4. The third kappa shape index (κ3) is 15.1. The van der Waals surface area contributed by atoms with Crippen molar-refractivity contribution in [2.75, 3.05) is 59.7 Å². The summed E-state index contributed by atoms with van der Waals surface area (Å²) in [5.41, 5.74) is 27.2. The van der Waals surface area contributed by atoms with Crippen molar-refractivity contribution in [3.63, 3.8) is 0 Å². The van der Waals surface area contributed by atoms with Gasteiger partial charge in [0.25, 0.3) is 0 Å². The zero-order valence-electron chi connectivity index (χ0n) is 59.8. The van der Waals surface area contributed by atoms with Crippen molar-refractivity contribution in [3.05, 3.63) is 323 Å².